The van der Waals surface area contributed by atoms with Gasteiger partial charge in [0.15, 0.2) is 5.16 Å². The highest BCUT2D eigenvalue weighted by atomic mass is 32.2. The molecule has 0 aromatic carbocycles. The molecule has 2 rings (SSSR count). The van der Waals surface area contributed by atoms with Crippen LogP contribution >= 0.6 is 11.8 Å². The Kier molecular flexibility index (Phi) is 5.46. The Bertz CT molecular complexity index is 492. The fourth-order valence-electron chi connectivity index (χ4n) is 2.47. The van der Waals surface area contributed by atoms with Crippen LogP contribution in [0.5, 0.6) is 0 Å². The van der Waals surface area contributed by atoms with Crippen LogP contribution < -0.4 is 4.90 Å². The normalized spacial score (nSPS) is 19.2. The Morgan fingerprint density at radius 3 is 2.90 bits per heavy atom. The number of carbonyl (C=O) groups is 1. The van der Waals surface area contributed by atoms with Crippen LogP contribution in [0.3, 0.4) is 0 Å². The lowest BCUT2D eigenvalue weighted by Gasteiger charge is -2.33. The minimum atomic E-state index is -0.850. The third-order valence-electron chi connectivity index (χ3n) is 3.48. The van der Waals surface area contributed by atoms with Gasteiger partial charge in [-0.15, -0.1) is 10.2 Å². The van der Waals surface area contributed by atoms with E-state index in [0.29, 0.717) is 5.16 Å². The summed E-state index contributed by atoms with van der Waals surface area (Å²) >= 11 is 1.21. The van der Waals surface area contributed by atoms with Gasteiger partial charge in [0, 0.05) is 26.2 Å². The first kappa shape index (κ1) is 16.1. The van der Waals surface area contributed by atoms with Crippen molar-refractivity contribution >= 4 is 23.7 Å². The molecule has 1 N–H and O–H groups in total. The van der Waals surface area contributed by atoms with Crippen molar-refractivity contribution in [3.05, 3.63) is 0 Å². The molecule has 0 radical (unpaired) electrons. The summed E-state index contributed by atoms with van der Waals surface area (Å²) in [5, 5.41) is 17.9. The van der Waals surface area contributed by atoms with Gasteiger partial charge in [-0.3, -0.25) is 9.36 Å². The zero-order valence-electron chi connectivity index (χ0n) is 12.7. The van der Waals surface area contributed by atoms with Crippen molar-refractivity contribution in [2.24, 2.45) is 0 Å². The van der Waals surface area contributed by atoms with Gasteiger partial charge in [-0.25, -0.2) is 0 Å². The van der Waals surface area contributed by atoms with Gasteiger partial charge in [-0.2, -0.15) is 0 Å². The summed E-state index contributed by atoms with van der Waals surface area (Å²) in [6, 6.07) is 0.175. The molecule has 7 nitrogen and oxygen atoms in total. The molecule has 1 saturated heterocycles. The number of aliphatic carboxylic acids is 1. The van der Waals surface area contributed by atoms with Gasteiger partial charge in [-0.1, -0.05) is 11.8 Å². The number of aromatic nitrogens is 3. The molecule has 1 aromatic heterocycles. The number of thioether (sulfide) groups is 1. The molecule has 1 atom stereocenters. The Morgan fingerprint density at radius 2 is 2.29 bits per heavy atom. The van der Waals surface area contributed by atoms with E-state index in [4.69, 9.17) is 9.84 Å². The Morgan fingerprint density at radius 1 is 1.52 bits per heavy atom. The average Bonchev–Trinajstić information content (AvgIpc) is 2.89. The predicted molar refractivity (Wildman–Crippen MR) is 81.0 cm³/mol. The van der Waals surface area contributed by atoms with Gasteiger partial charge >= 0.3 is 5.97 Å². The molecule has 1 aliphatic heterocycles. The molecule has 2 heterocycles. The van der Waals surface area contributed by atoms with E-state index in [1.807, 2.05) is 4.57 Å². The highest BCUT2D eigenvalue weighted by Crippen LogP contribution is 2.28. The molecule has 1 aromatic rings. The maximum absolute atomic E-state index is 10.7. The summed E-state index contributed by atoms with van der Waals surface area (Å²) in [5.41, 5.74) is 0. The van der Waals surface area contributed by atoms with Gasteiger partial charge in [-0.05, 0) is 26.7 Å². The Labute approximate surface area is 128 Å². The van der Waals surface area contributed by atoms with Crippen molar-refractivity contribution in [2.45, 2.75) is 44.0 Å². The van der Waals surface area contributed by atoms with Gasteiger partial charge < -0.3 is 14.7 Å². The molecular formula is C13H22N4O3S. The summed E-state index contributed by atoms with van der Waals surface area (Å²) in [6.07, 6.45) is 2.33. The summed E-state index contributed by atoms with van der Waals surface area (Å²) < 4.78 is 7.45. The second-order valence-electron chi connectivity index (χ2n) is 5.37. The molecule has 0 amide bonds. The monoisotopic (exact) mass is 314 g/mol. The maximum atomic E-state index is 10.7. The van der Waals surface area contributed by atoms with Crippen LogP contribution in [-0.4, -0.2) is 57.9 Å². The largest absolute Gasteiger partial charge is 0.481 e. The number of hydrogen-bond acceptors (Lipinski definition) is 6. The Balaban J connectivity index is 2.20. The van der Waals surface area contributed by atoms with Crippen molar-refractivity contribution in [2.75, 3.05) is 30.9 Å². The molecule has 0 spiro atoms. The van der Waals surface area contributed by atoms with E-state index in [-0.39, 0.29) is 17.9 Å². The van der Waals surface area contributed by atoms with E-state index < -0.39 is 5.97 Å². The smallest absolute Gasteiger partial charge is 0.313 e. The number of ether oxygens (including phenoxy) is 1. The minimum Gasteiger partial charge on any atom is -0.481 e. The van der Waals surface area contributed by atoms with Crippen molar-refractivity contribution in [3.63, 3.8) is 0 Å². The number of hydrogen-bond donors (Lipinski definition) is 1. The third kappa shape index (κ3) is 3.88. The number of nitrogens with zero attached hydrogens (tertiary/aromatic N) is 4. The molecule has 118 valence electrons. The fourth-order valence-corrected chi connectivity index (χ4v) is 3.26. The fraction of sp³-hybridized carbons (Fsp3) is 0.769. The SMILES string of the molecule is COC1CCCN(c2nnc(SCC(=O)O)n2C(C)C)C1. The molecule has 1 unspecified atom stereocenters. The number of methoxy groups -OCH3 is 1. The van der Waals surface area contributed by atoms with Crippen molar-refractivity contribution in [1.29, 1.82) is 0 Å². The number of piperidine rings is 1. The van der Waals surface area contributed by atoms with E-state index in [1.165, 1.54) is 11.8 Å². The molecular weight excluding hydrogens is 292 g/mol. The highest BCUT2D eigenvalue weighted by Gasteiger charge is 2.26. The standard InChI is InChI=1S/C13H22N4O3S/c1-9(2)17-12(14-15-13(17)21-8-11(18)19)16-6-4-5-10(7-16)20-3/h9-10H,4-8H2,1-3H3,(H,18,19). The second-order valence-corrected chi connectivity index (χ2v) is 6.32. The first-order valence-electron chi connectivity index (χ1n) is 7.10. The summed E-state index contributed by atoms with van der Waals surface area (Å²) in [6.45, 7) is 5.82. The number of rotatable bonds is 6. The zero-order chi connectivity index (χ0) is 15.4. The average molecular weight is 314 g/mol. The number of carboxylic acid groups (broad SMARTS) is 1. The Hall–Kier alpha value is -1.28. The van der Waals surface area contributed by atoms with Crippen LogP contribution in [-0.2, 0) is 9.53 Å². The molecule has 21 heavy (non-hydrogen) atoms. The first-order valence-corrected chi connectivity index (χ1v) is 8.08. The van der Waals surface area contributed by atoms with E-state index in [1.54, 1.807) is 7.11 Å². The van der Waals surface area contributed by atoms with Crippen LogP contribution in [0.15, 0.2) is 5.16 Å². The minimum absolute atomic E-state index is 0.00838. The molecule has 1 aliphatic rings. The maximum Gasteiger partial charge on any atom is 0.313 e. The lowest BCUT2D eigenvalue weighted by atomic mass is 10.1. The van der Waals surface area contributed by atoms with Crippen LogP contribution in [0, 0.1) is 0 Å². The summed E-state index contributed by atoms with van der Waals surface area (Å²) in [4.78, 5) is 12.9. The lowest BCUT2D eigenvalue weighted by molar-refractivity contribution is -0.133. The van der Waals surface area contributed by atoms with Crippen LogP contribution in [0.25, 0.3) is 0 Å². The zero-order valence-corrected chi connectivity index (χ0v) is 13.5. The van der Waals surface area contributed by atoms with Gasteiger partial charge in [0.25, 0.3) is 0 Å². The lowest BCUT2D eigenvalue weighted by Crippen LogP contribution is -2.40. The predicted octanol–water partition coefficient (Wildman–Crippen LogP) is 1.65. The van der Waals surface area contributed by atoms with E-state index >= 15 is 0 Å². The van der Waals surface area contributed by atoms with E-state index in [0.717, 1.165) is 31.9 Å². The van der Waals surface area contributed by atoms with E-state index in [2.05, 4.69) is 28.9 Å². The molecule has 0 bridgehead atoms. The van der Waals surface area contributed by atoms with Crippen LogP contribution in [0.2, 0.25) is 0 Å². The number of carboxylic acids is 1. The third-order valence-corrected chi connectivity index (χ3v) is 4.41. The highest BCUT2D eigenvalue weighted by molar-refractivity contribution is 7.99. The molecule has 0 saturated carbocycles. The van der Waals surface area contributed by atoms with Crippen molar-refractivity contribution in [3.8, 4) is 0 Å². The van der Waals surface area contributed by atoms with Crippen molar-refractivity contribution < 1.29 is 14.6 Å². The molecule has 1 fully saturated rings. The molecule has 0 aliphatic carbocycles. The van der Waals surface area contributed by atoms with E-state index in [9.17, 15) is 4.79 Å². The van der Waals surface area contributed by atoms with Crippen molar-refractivity contribution in [1.82, 2.24) is 14.8 Å². The van der Waals surface area contributed by atoms with Crippen LogP contribution in [0.4, 0.5) is 5.95 Å². The topological polar surface area (TPSA) is 80.5 Å². The van der Waals surface area contributed by atoms with Crippen LogP contribution in [0.1, 0.15) is 32.7 Å². The number of anilines is 1. The van der Waals surface area contributed by atoms with Gasteiger partial charge in [0.05, 0.1) is 11.9 Å². The first-order chi connectivity index (χ1) is 10.0. The quantitative estimate of drug-likeness (QED) is 0.800. The summed E-state index contributed by atoms with van der Waals surface area (Å²) in [5.74, 6) is -0.0529. The summed E-state index contributed by atoms with van der Waals surface area (Å²) in [7, 11) is 1.73. The van der Waals surface area contributed by atoms with Gasteiger partial charge in [0.2, 0.25) is 5.95 Å². The second kappa shape index (κ2) is 7.13. The molecule has 8 heteroatoms. The van der Waals surface area contributed by atoms with Gasteiger partial charge in [0.1, 0.15) is 0 Å².